The zero-order valence-corrected chi connectivity index (χ0v) is 10.1. The number of nitrogens with zero attached hydrogens (tertiary/aromatic N) is 1. The molecular formula is C12H17N3S. The molecule has 0 saturated carbocycles. The largest absolute Gasteiger partial charge is 0.335 e. The lowest BCUT2D eigenvalue weighted by molar-refractivity contribution is 0.938. The molecule has 0 aliphatic carbocycles. The van der Waals surface area contributed by atoms with Gasteiger partial charge in [-0.2, -0.15) is 0 Å². The van der Waals surface area contributed by atoms with Gasteiger partial charge in [0.2, 0.25) is 0 Å². The van der Waals surface area contributed by atoms with Crippen molar-refractivity contribution in [3.8, 4) is 0 Å². The Morgan fingerprint density at radius 1 is 1.31 bits per heavy atom. The van der Waals surface area contributed by atoms with Gasteiger partial charge in [-0.05, 0) is 37.1 Å². The molecule has 1 aromatic rings. The van der Waals surface area contributed by atoms with Crippen molar-refractivity contribution in [1.82, 2.24) is 0 Å². The van der Waals surface area contributed by atoms with Gasteiger partial charge in [0.15, 0.2) is 5.17 Å². The molecule has 0 radical (unpaired) electrons. The first-order chi connectivity index (χ1) is 7.88. The van der Waals surface area contributed by atoms with E-state index >= 15 is 0 Å². The highest BCUT2D eigenvalue weighted by atomic mass is 32.2. The molecule has 0 atom stereocenters. The molecule has 1 aliphatic rings. The van der Waals surface area contributed by atoms with Crippen molar-refractivity contribution >= 4 is 22.6 Å². The standard InChI is InChI=1S/C12H17N3S/c13-7-6-10-2-4-11(5-3-10)15-12-14-8-1-9-16-12/h2-5H,1,6-9,13H2,(H,14,15). The lowest BCUT2D eigenvalue weighted by Crippen LogP contribution is -2.13. The lowest BCUT2D eigenvalue weighted by atomic mass is 10.1. The fourth-order valence-electron chi connectivity index (χ4n) is 1.58. The predicted molar refractivity (Wildman–Crippen MR) is 72.2 cm³/mol. The van der Waals surface area contributed by atoms with E-state index in [0.717, 1.165) is 29.6 Å². The second-order valence-electron chi connectivity index (χ2n) is 3.75. The highest BCUT2D eigenvalue weighted by Crippen LogP contribution is 2.16. The summed E-state index contributed by atoms with van der Waals surface area (Å²) in [4.78, 5) is 4.43. The van der Waals surface area contributed by atoms with Crippen LogP contribution in [0.1, 0.15) is 12.0 Å². The fraction of sp³-hybridized carbons (Fsp3) is 0.417. The molecule has 3 nitrogen and oxygen atoms in total. The van der Waals surface area contributed by atoms with Crippen LogP contribution in [0.2, 0.25) is 0 Å². The van der Waals surface area contributed by atoms with Gasteiger partial charge in [0.1, 0.15) is 0 Å². The first-order valence-corrected chi connectivity index (χ1v) is 6.60. The van der Waals surface area contributed by atoms with Gasteiger partial charge in [-0.1, -0.05) is 23.9 Å². The summed E-state index contributed by atoms with van der Waals surface area (Å²) >= 11 is 1.79. The van der Waals surface area contributed by atoms with Gasteiger partial charge < -0.3 is 11.1 Å². The lowest BCUT2D eigenvalue weighted by Gasteiger charge is -2.13. The van der Waals surface area contributed by atoms with Crippen LogP contribution in [0.25, 0.3) is 0 Å². The molecule has 4 heteroatoms. The van der Waals surface area contributed by atoms with Crippen molar-refractivity contribution in [2.75, 3.05) is 24.2 Å². The van der Waals surface area contributed by atoms with Crippen LogP contribution in [-0.2, 0) is 6.42 Å². The number of thioether (sulfide) groups is 1. The zero-order chi connectivity index (χ0) is 11.2. The van der Waals surface area contributed by atoms with Crippen LogP contribution >= 0.6 is 11.8 Å². The monoisotopic (exact) mass is 235 g/mol. The topological polar surface area (TPSA) is 50.4 Å². The van der Waals surface area contributed by atoms with E-state index in [1.807, 2.05) is 0 Å². The number of hydrogen-bond acceptors (Lipinski definition) is 4. The number of anilines is 1. The quantitative estimate of drug-likeness (QED) is 0.843. The first-order valence-electron chi connectivity index (χ1n) is 5.62. The third kappa shape index (κ3) is 3.25. The van der Waals surface area contributed by atoms with Crippen LogP contribution in [-0.4, -0.2) is 24.0 Å². The maximum atomic E-state index is 5.51. The van der Waals surface area contributed by atoms with E-state index in [1.54, 1.807) is 11.8 Å². The molecule has 0 aromatic heterocycles. The zero-order valence-electron chi connectivity index (χ0n) is 9.28. The van der Waals surface area contributed by atoms with E-state index in [2.05, 4.69) is 34.6 Å². The van der Waals surface area contributed by atoms with E-state index in [-0.39, 0.29) is 0 Å². The van der Waals surface area contributed by atoms with E-state index in [4.69, 9.17) is 5.73 Å². The summed E-state index contributed by atoms with van der Waals surface area (Å²) in [6, 6.07) is 8.40. The molecule has 3 N–H and O–H groups in total. The van der Waals surface area contributed by atoms with Crippen molar-refractivity contribution in [3.63, 3.8) is 0 Å². The number of aliphatic imine (C=N–C) groups is 1. The summed E-state index contributed by atoms with van der Waals surface area (Å²) in [5.41, 5.74) is 7.90. The van der Waals surface area contributed by atoms with Gasteiger partial charge in [0.05, 0.1) is 0 Å². The predicted octanol–water partition coefficient (Wildman–Crippen LogP) is 2.09. The van der Waals surface area contributed by atoms with E-state index in [0.29, 0.717) is 6.54 Å². The molecule has 16 heavy (non-hydrogen) atoms. The number of nitrogens with one attached hydrogen (secondary N) is 1. The Kier molecular flexibility index (Phi) is 4.25. The summed E-state index contributed by atoms with van der Waals surface area (Å²) in [5, 5.41) is 4.37. The summed E-state index contributed by atoms with van der Waals surface area (Å²) in [6.45, 7) is 1.65. The molecule has 2 rings (SSSR count). The van der Waals surface area contributed by atoms with Gasteiger partial charge in [0, 0.05) is 18.0 Å². The SMILES string of the molecule is NCCc1ccc(NC2=NCCCS2)cc1. The minimum Gasteiger partial charge on any atom is -0.335 e. The summed E-state index contributed by atoms with van der Waals surface area (Å²) in [7, 11) is 0. The van der Waals surface area contributed by atoms with E-state index < -0.39 is 0 Å². The smallest absolute Gasteiger partial charge is 0.161 e. The third-order valence-corrected chi connectivity index (χ3v) is 3.43. The number of hydrogen-bond donors (Lipinski definition) is 2. The van der Waals surface area contributed by atoms with Crippen LogP contribution in [0.5, 0.6) is 0 Å². The third-order valence-electron chi connectivity index (χ3n) is 2.43. The molecule has 0 bridgehead atoms. The van der Waals surface area contributed by atoms with Gasteiger partial charge >= 0.3 is 0 Å². The average molecular weight is 235 g/mol. The van der Waals surface area contributed by atoms with Gasteiger partial charge in [-0.25, -0.2) is 0 Å². The van der Waals surface area contributed by atoms with E-state index in [1.165, 1.54) is 12.0 Å². The maximum absolute atomic E-state index is 5.51. The van der Waals surface area contributed by atoms with E-state index in [9.17, 15) is 0 Å². The molecule has 0 unspecified atom stereocenters. The van der Waals surface area contributed by atoms with Crippen molar-refractivity contribution in [2.24, 2.45) is 10.7 Å². The minimum absolute atomic E-state index is 0.704. The van der Waals surface area contributed by atoms with Crippen LogP contribution in [0.4, 0.5) is 5.69 Å². The second kappa shape index (κ2) is 5.92. The molecular weight excluding hydrogens is 218 g/mol. The summed E-state index contributed by atoms with van der Waals surface area (Å²) in [6.07, 6.45) is 2.13. The fourth-order valence-corrected chi connectivity index (χ4v) is 2.42. The molecule has 0 spiro atoms. The Bertz CT molecular complexity index is 359. The highest BCUT2D eigenvalue weighted by Gasteiger charge is 2.05. The number of benzene rings is 1. The Morgan fingerprint density at radius 3 is 2.75 bits per heavy atom. The van der Waals surface area contributed by atoms with Crippen LogP contribution in [0, 0.1) is 0 Å². The number of amidine groups is 1. The normalized spacial score (nSPS) is 15.7. The van der Waals surface area contributed by atoms with Gasteiger partial charge in [0.25, 0.3) is 0 Å². The van der Waals surface area contributed by atoms with Crippen LogP contribution in [0.15, 0.2) is 29.3 Å². The van der Waals surface area contributed by atoms with Crippen molar-refractivity contribution in [3.05, 3.63) is 29.8 Å². The maximum Gasteiger partial charge on any atom is 0.161 e. The number of nitrogens with two attached hydrogens (primary N) is 1. The summed E-state index contributed by atoms with van der Waals surface area (Å²) in [5.74, 6) is 1.16. The van der Waals surface area contributed by atoms with Crippen molar-refractivity contribution in [2.45, 2.75) is 12.8 Å². The van der Waals surface area contributed by atoms with Gasteiger partial charge in [-0.3, -0.25) is 4.99 Å². The number of rotatable bonds is 3. The summed E-state index contributed by atoms with van der Waals surface area (Å²) < 4.78 is 0. The average Bonchev–Trinajstić information content (AvgIpc) is 2.33. The molecule has 1 heterocycles. The molecule has 1 aromatic carbocycles. The molecule has 0 amide bonds. The van der Waals surface area contributed by atoms with Crippen LogP contribution in [0.3, 0.4) is 0 Å². The van der Waals surface area contributed by atoms with Crippen LogP contribution < -0.4 is 11.1 Å². The molecule has 0 fully saturated rings. The van der Waals surface area contributed by atoms with Crippen molar-refractivity contribution < 1.29 is 0 Å². The molecule has 0 saturated heterocycles. The Balaban J connectivity index is 1.96. The molecule has 86 valence electrons. The first kappa shape index (κ1) is 11.5. The second-order valence-corrected chi connectivity index (χ2v) is 4.83. The Hall–Kier alpha value is -1.00. The van der Waals surface area contributed by atoms with Gasteiger partial charge in [-0.15, -0.1) is 0 Å². The Labute approximate surface area is 101 Å². The minimum atomic E-state index is 0.704. The van der Waals surface area contributed by atoms with Crippen molar-refractivity contribution in [1.29, 1.82) is 0 Å². The highest BCUT2D eigenvalue weighted by molar-refractivity contribution is 8.14. The Morgan fingerprint density at radius 2 is 2.12 bits per heavy atom. The molecule has 1 aliphatic heterocycles.